The molecule has 1 aromatic heterocycles. The lowest BCUT2D eigenvalue weighted by Crippen LogP contribution is -2.18. The van der Waals surface area contributed by atoms with E-state index in [2.05, 4.69) is 62.6 Å². The third-order valence-electron chi connectivity index (χ3n) is 3.07. The third kappa shape index (κ3) is 3.76. The molecule has 0 aliphatic heterocycles. The summed E-state index contributed by atoms with van der Waals surface area (Å²) in [6.07, 6.45) is 3.31. The van der Waals surface area contributed by atoms with Crippen LogP contribution in [0.25, 0.3) is 0 Å². The lowest BCUT2D eigenvalue weighted by Gasteiger charge is -2.23. The van der Waals surface area contributed by atoms with Crippen molar-refractivity contribution in [3.63, 3.8) is 0 Å². The molecule has 0 amide bonds. The van der Waals surface area contributed by atoms with Crippen LogP contribution in [0.5, 0.6) is 0 Å². The average Bonchev–Trinajstić information content (AvgIpc) is 2.57. The van der Waals surface area contributed by atoms with E-state index < -0.39 is 0 Å². The van der Waals surface area contributed by atoms with Gasteiger partial charge in [-0.1, -0.05) is 34.6 Å². The van der Waals surface area contributed by atoms with Gasteiger partial charge < -0.3 is 9.88 Å². The number of imidazole rings is 1. The molecule has 0 saturated carbocycles. The second kappa shape index (κ2) is 6.08. The fourth-order valence-corrected chi connectivity index (χ4v) is 2.18. The van der Waals surface area contributed by atoms with Gasteiger partial charge in [-0.15, -0.1) is 0 Å². The SMILES string of the molecule is CCC(C(C)C)n1cc(C)nc1NCC(C)C. The van der Waals surface area contributed by atoms with Crippen LogP contribution in [0.2, 0.25) is 0 Å². The monoisotopic (exact) mass is 237 g/mol. The van der Waals surface area contributed by atoms with Crippen molar-refractivity contribution in [2.75, 3.05) is 11.9 Å². The molecule has 1 unspecified atom stereocenters. The molecular weight excluding hydrogens is 210 g/mol. The zero-order chi connectivity index (χ0) is 13.0. The van der Waals surface area contributed by atoms with Crippen LogP contribution in [0.4, 0.5) is 5.95 Å². The van der Waals surface area contributed by atoms with E-state index in [-0.39, 0.29) is 0 Å². The largest absolute Gasteiger partial charge is 0.355 e. The van der Waals surface area contributed by atoms with Crippen LogP contribution in [-0.4, -0.2) is 16.1 Å². The van der Waals surface area contributed by atoms with Gasteiger partial charge in [0.05, 0.1) is 5.69 Å². The molecule has 1 heterocycles. The summed E-state index contributed by atoms with van der Waals surface area (Å²) >= 11 is 0. The van der Waals surface area contributed by atoms with E-state index in [0.717, 1.165) is 24.6 Å². The van der Waals surface area contributed by atoms with E-state index in [1.807, 2.05) is 0 Å². The van der Waals surface area contributed by atoms with Gasteiger partial charge in [0.1, 0.15) is 0 Å². The van der Waals surface area contributed by atoms with Crippen LogP contribution in [0.3, 0.4) is 0 Å². The first-order valence-electron chi connectivity index (χ1n) is 6.75. The molecule has 0 fully saturated rings. The third-order valence-corrected chi connectivity index (χ3v) is 3.07. The van der Waals surface area contributed by atoms with Crippen molar-refractivity contribution >= 4 is 5.95 Å². The Morgan fingerprint density at radius 2 is 1.94 bits per heavy atom. The van der Waals surface area contributed by atoms with Crippen molar-refractivity contribution in [3.05, 3.63) is 11.9 Å². The summed E-state index contributed by atoms with van der Waals surface area (Å²) in [5, 5.41) is 3.46. The number of nitrogens with zero attached hydrogens (tertiary/aromatic N) is 2. The van der Waals surface area contributed by atoms with Crippen molar-refractivity contribution in [2.45, 2.75) is 54.0 Å². The topological polar surface area (TPSA) is 29.9 Å². The van der Waals surface area contributed by atoms with Crippen molar-refractivity contribution in [1.82, 2.24) is 9.55 Å². The van der Waals surface area contributed by atoms with Gasteiger partial charge in [-0.3, -0.25) is 0 Å². The molecule has 1 N–H and O–H groups in total. The van der Waals surface area contributed by atoms with Crippen LogP contribution < -0.4 is 5.32 Å². The van der Waals surface area contributed by atoms with Crippen molar-refractivity contribution < 1.29 is 0 Å². The highest BCUT2D eigenvalue weighted by Gasteiger charge is 2.17. The quantitative estimate of drug-likeness (QED) is 0.814. The number of hydrogen-bond acceptors (Lipinski definition) is 2. The first-order valence-corrected chi connectivity index (χ1v) is 6.75. The second-order valence-electron chi connectivity index (χ2n) is 5.61. The van der Waals surface area contributed by atoms with Gasteiger partial charge in [0.15, 0.2) is 0 Å². The maximum Gasteiger partial charge on any atom is 0.203 e. The first-order chi connectivity index (χ1) is 7.95. The summed E-state index contributed by atoms with van der Waals surface area (Å²) < 4.78 is 2.31. The molecule has 3 heteroatoms. The smallest absolute Gasteiger partial charge is 0.203 e. The molecule has 0 aliphatic rings. The van der Waals surface area contributed by atoms with Crippen molar-refractivity contribution in [1.29, 1.82) is 0 Å². The fourth-order valence-electron chi connectivity index (χ4n) is 2.18. The highest BCUT2D eigenvalue weighted by Crippen LogP contribution is 2.25. The lowest BCUT2D eigenvalue weighted by atomic mass is 10.0. The summed E-state index contributed by atoms with van der Waals surface area (Å²) in [7, 11) is 0. The number of aromatic nitrogens is 2. The summed E-state index contributed by atoms with van der Waals surface area (Å²) in [5.74, 6) is 2.30. The van der Waals surface area contributed by atoms with Gasteiger partial charge in [0.25, 0.3) is 0 Å². The number of rotatable bonds is 6. The number of aryl methyl sites for hydroxylation is 1. The van der Waals surface area contributed by atoms with Crippen molar-refractivity contribution in [3.8, 4) is 0 Å². The number of anilines is 1. The molecule has 1 rings (SSSR count). The van der Waals surface area contributed by atoms with E-state index >= 15 is 0 Å². The van der Waals surface area contributed by atoms with Gasteiger partial charge in [-0.05, 0) is 25.2 Å². The van der Waals surface area contributed by atoms with E-state index in [0.29, 0.717) is 17.9 Å². The molecule has 0 radical (unpaired) electrons. The Morgan fingerprint density at radius 3 is 2.41 bits per heavy atom. The van der Waals surface area contributed by atoms with Crippen molar-refractivity contribution in [2.24, 2.45) is 11.8 Å². The normalized spacial score (nSPS) is 13.4. The van der Waals surface area contributed by atoms with Gasteiger partial charge in [-0.2, -0.15) is 0 Å². The predicted molar refractivity (Wildman–Crippen MR) is 74.5 cm³/mol. The Bertz CT molecular complexity index is 339. The standard InChI is InChI=1S/C14H27N3/c1-7-13(11(4)5)17-9-12(6)16-14(17)15-8-10(2)3/h9-11,13H,7-8H2,1-6H3,(H,15,16). The average molecular weight is 237 g/mol. The minimum Gasteiger partial charge on any atom is -0.355 e. The molecule has 0 bridgehead atoms. The van der Waals surface area contributed by atoms with E-state index in [1.165, 1.54) is 0 Å². The van der Waals surface area contributed by atoms with Gasteiger partial charge in [0.2, 0.25) is 5.95 Å². The minimum absolute atomic E-state index is 0.533. The van der Waals surface area contributed by atoms with Crippen LogP contribution in [0.15, 0.2) is 6.20 Å². The molecule has 1 atom stereocenters. The highest BCUT2D eigenvalue weighted by molar-refractivity contribution is 5.29. The van der Waals surface area contributed by atoms with Gasteiger partial charge in [0, 0.05) is 18.8 Å². The summed E-state index contributed by atoms with van der Waals surface area (Å²) in [4.78, 5) is 4.59. The Labute approximate surface area is 106 Å². The van der Waals surface area contributed by atoms with Crippen LogP contribution in [0, 0.1) is 18.8 Å². The molecule has 98 valence electrons. The molecule has 1 aromatic rings. The Hall–Kier alpha value is -0.990. The molecule has 0 aliphatic carbocycles. The highest BCUT2D eigenvalue weighted by atomic mass is 15.2. The predicted octanol–water partition coefficient (Wildman–Crippen LogP) is 3.87. The number of hydrogen-bond donors (Lipinski definition) is 1. The maximum absolute atomic E-state index is 4.59. The molecule has 17 heavy (non-hydrogen) atoms. The fraction of sp³-hybridized carbons (Fsp3) is 0.786. The maximum atomic E-state index is 4.59. The molecule has 0 aromatic carbocycles. The molecular formula is C14H27N3. The minimum atomic E-state index is 0.533. The Morgan fingerprint density at radius 1 is 1.29 bits per heavy atom. The lowest BCUT2D eigenvalue weighted by molar-refractivity contribution is 0.368. The first kappa shape index (κ1) is 14.1. The van der Waals surface area contributed by atoms with E-state index in [4.69, 9.17) is 0 Å². The molecule has 0 saturated heterocycles. The van der Waals surface area contributed by atoms with Gasteiger partial charge >= 0.3 is 0 Å². The molecule has 0 spiro atoms. The van der Waals surface area contributed by atoms with Crippen LogP contribution in [0.1, 0.15) is 52.8 Å². The Balaban J connectivity index is 2.89. The van der Waals surface area contributed by atoms with Crippen LogP contribution in [-0.2, 0) is 0 Å². The zero-order valence-corrected chi connectivity index (χ0v) is 12.1. The van der Waals surface area contributed by atoms with E-state index in [1.54, 1.807) is 0 Å². The van der Waals surface area contributed by atoms with Gasteiger partial charge in [-0.25, -0.2) is 4.98 Å². The summed E-state index contributed by atoms with van der Waals surface area (Å²) in [5.41, 5.74) is 1.09. The second-order valence-corrected chi connectivity index (χ2v) is 5.61. The summed E-state index contributed by atoms with van der Waals surface area (Å²) in [6, 6.07) is 0.533. The summed E-state index contributed by atoms with van der Waals surface area (Å²) in [6.45, 7) is 14.3. The number of nitrogens with one attached hydrogen (secondary N) is 1. The Kier molecular flexibility index (Phi) is 5.03. The molecule has 3 nitrogen and oxygen atoms in total. The zero-order valence-electron chi connectivity index (χ0n) is 12.1. The van der Waals surface area contributed by atoms with E-state index in [9.17, 15) is 0 Å². The van der Waals surface area contributed by atoms with Crippen LogP contribution >= 0.6 is 0 Å².